The van der Waals surface area contributed by atoms with Crippen LogP contribution in [0.25, 0.3) is 0 Å². The van der Waals surface area contributed by atoms with Crippen molar-refractivity contribution >= 4 is 33.3 Å². The zero-order valence-electron chi connectivity index (χ0n) is 13.5. The van der Waals surface area contributed by atoms with Crippen molar-refractivity contribution in [2.45, 2.75) is 25.3 Å². The number of carboxylic acids is 1. The quantitative estimate of drug-likeness (QED) is 0.716. The van der Waals surface area contributed by atoms with Gasteiger partial charge in [-0.15, -0.1) is 0 Å². The van der Waals surface area contributed by atoms with Crippen LogP contribution in [0, 0.1) is 0 Å². The molecule has 0 aliphatic heterocycles. The second kappa shape index (κ2) is 8.72. The van der Waals surface area contributed by atoms with Gasteiger partial charge in [0.15, 0.2) is 0 Å². The molecule has 1 aromatic carbocycles. The lowest BCUT2D eigenvalue weighted by atomic mass is 10.1. The monoisotopic (exact) mass is 374 g/mol. The number of anilines is 1. The fourth-order valence-corrected chi connectivity index (χ4v) is 3.06. The van der Waals surface area contributed by atoms with E-state index >= 15 is 0 Å². The predicted molar refractivity (Wildman–Crippen MR) is 92.0 cm³/mol. The summed E-state index contributed by atoms with van der Waals surface area (Å²) in [4.78, 5) is 11.0. The van der Waals surface area contributed by atoms with Crippen LogP contribution in [0.2, 0.25) is 5.02 Å². The molecule has 0 amide bonds. The summed E-state index contributed by atoms with van der Waals surface area (Å²) in [7, 11) is -2.63. The average Bonchev–Trinajstić information content (AvgIpc) is 3.07. The highest BCUT2D eigenvalue weighted by Crippen LogP contribution is 2.29. The molecule has 1 aromatic heterocycles. The number of halogens is 1. The molecule has 1 heterocycles. The number of carbonyl (C=O) groups is 1. The molecule has 7 nitrogen and oxygen atoms in total. The molecule has 24 heavy (non-hydrogen) atoms. The number of carboxylic acid groups (broad SMARTS) is 1. The minimum atomic E-state index is -3.85. The summed E-state index contributed by atoms with van der Waals surface area (Å²) in [6.07, 6.45) is 1.49. The van der Waals surface area contributed by atoms with E-state index in [1.165, 1.54) is 19.4 Å². The van der Waals surface area contributed by atoms with Crippen LogP contribution < -0.4 is 10.0 Å². The Morgan fingerprint density at radius 2 is 2.00 bits per heavy atom. The largest absolute Gasteiger partial charge is 0.478 e. The summed E-state index contributed by atoms with van der Waals surface area (Å²) in [6, 6.07) is 5.69. The number of nitrogens with one attached hydrogen (secondary N) is 2. The molecule has 0 aliphatic carbocycles. The third kappa shape index (κ3) is 4.73. The Kier molecular flexibility index (Phi) is 7.27. The Morgan fingerprint density at radius 1 is 1.33 bits per heavy atom. The van der Waals surface area contributed by atoms with E-state index in [2.05, 4.69) is 10.0 Å². The highest BCUT2D eigenvalue weighted by molar-refractivity contribution is 7.89. The lowest BCUT2D eigenvalue weighted by Gasteiger charge is -2.12. The zero-order chi connectivity index (χ0) is 18.3. The van der Waals surface area contributed by atoms with Gasteiger partial charge in [-0.1, -0.05) is 25.4 Å². The van der Waals surface area contributed by atoms with Crippen molar-refractivity contribution in [3.63, 3.8) is 0 Å². The first-order valence-electron chi connectivity index (χ1n) is 7.12. The molecule has 0 bridgehead atoms. The third-order valence-electron chi connectivity index (χ3n) is 2.89. The van der Waals surface area contributed by atoms with Gasteiger partial charge in [0, 0.05) is 0 Å². The average molecular weight is 375 g/mol. The van der Waals surface area contributed by atoms with Crippen molar-refractivity contribution in [2.24, 2.45) is 0 Å². The molecule has 0 unspecified atom stereocenters. The van der Waals surface area contributed by atoms with E-state index in [4.69, 9.17) is 16.0 Å². The molecule has 2 rings (SSSR count). The van der Waals surface area contributed by atoms with Crippen LogP contribution in [-0.2, 0) is 16.6 Å². The summed E-state index contributed by atoms with van der Waals surface area (Å²) in [5.41, 5.74) is -0.00580. The van der Waals surface area contributed by atoms with Crippen LogP contribution >= 0.6 is 11.6 Å². The molecule has 0 fully saturated rings. The highest BCUT2D eigenvalue weighted by Gasteiger charge is 2.21. The molecule has 0 aliphatic rings. The normalized spacial score (nSPS) is 10.7. The number of sulfonamides is 1. The Morgan fingerprint density at radius 3 is 2.50 bits per heavy atom. The Balaban J connectivity index is 0.00000139. The molecular formula is C15H19ClN2O5S. The first-order valence-corrected chi connectivity index (χ1v) is 8.98. The minimum Gasteiger partial charge on any atom is -0.478 e. The summed E-state index contributed by atoms with van der Waals surface area (Å²) >= 11 is 5.95. The molecule has 0 spiro atoms. The molecule has 0 radical (unpaired) electrons. The lowest BCUT2D eigenvalue weighted by molar-refractivity contribution is 0.0697. The smallest absolute Gasteiger partial charge is 0.337 e. The van der Waals surface area contributed by atoms with Crippen LogP contribution in [0.15, 0.2) is 39.8 Å². The third-order valence-corrected chi connectivity index (χ3v) is 4.77. The Bertz CT molecular complexity index is 788. The Hall–Kier alpha value is -2.03. The van der Waals surface area contributed by atoms with Gasteiger partial charge in [0.1, 0.15) is 10.7 Å². The first kappa shape index (κ1) is 20.0. The van der Waals surface area contributed by atoms with E-state index in [1.54, 1.807) is 12.1 Å². The van der Waals surface area contributed by atoms with Gasteiger partial charge < -0.3 is 14.8 Å². The first-order chi connectivity index (χ1) is 11.3. The fourth-order valence-electron chi connectivity index (χ4n) is 1.79. The minimum absolute atomic E-state index is 0.0821. The van der Waals surface area contributed by atoms with Gasteiger partial charge in [-0.3, -0.25) is 0 Å². The van der Waals surface area contributed by atoms with Crippen molar-refractivity contribution in [3.8, 4) is 0 Å². The van der Waals surface area contributed by atoms with Gasteiger partial charge in [-0.2, -0.15) is 0 Å². The van der Waals surface area contributed by atoms with Crippen molar-refractivity contribution in [1.82, 2.24) is 4.72 Å². The van der Waals surface area contributed by atoms with Crippen LogP contribution in [0.4, 0.5) is 5.69 Å². The predicted octanol–water partition coefficient (Wildman–Crippen LogP) is 3.18. The maximum absolute atomic E-state index is 11.8. The van der Waals surface area contributed by atoms with Crippen LogP contribution in [0.1, 0.15) is 30.0 Å². The van der Waals surface area contributed by atoms with Gasteiger partial charge in [0.05, 0.1) is 29.1 Å². The van der Waals surface area contributed by atoms with Crippen LogP contribution in [0.5, 0.6) is 0 Å². The van der Waals surface area contributed by atoms with Crippen LogP contribution in [-0.4, -0.2) is 26.5 Å². The lowest BCUT2D eigenvalue weighted by Crippen LogP contribution is -2.20. The molecular weight excluding hydrogens is 356 g/mol. The Labute approximate surface area is 145 Å². The van der Waals surface area contributed by atoms with Crippen molar-refractivity contribution in [3.05, 3.63) is 46.9 Å². The second-order valence-electron chi connectivity index (χ2n) is 4.27. The van der Waals surface area contributed by atoms with Crippen LogP contribution in [0.3, 0.4) is 0 Å². The van der Waals surface area contributed by atoms with E-state index in [9.17, 15) is 18.3 Å². The number of rotatable bonds is 6. The fraction of sp³-hybridized carbons (Fsp3) is 0.267. The number of benzene rings is 1. The van der Waals surface area contributed by atoms with Gasteiger partial charge in [-0.25, -0.2) is 17.9 Å². The van der Waals surface area contributed by atoms with E-state index in [1.807, 2.05) is 13.8 Å². The van der Waals surface area contributed by atoms with Gasteiger partial charge in [0.25, 0.3) is 0 Å². The summed E-state index contributed by atoms with van der Waals surface area (Å²) in [5.74, 6) is -0.675. The van der Waals surface area contributed by atoms with E-state index in [-0.39, 0.29) is 27.7 Å². The van der Waals surface area contributed by atoms with Crippen molar-refractivity contribution in [2.75, 3.05) is 12.4 Å². The number of furan rings is 1. The SMILES string of the molecule is CC.CNS(=O)(=O)c1cc(C(=O)O)c(NCc2ccco2)cc1Cl. The molecule has 2 aromatic rings. The topological polar surface area (TPSA) is 109 Å². The number of hydrogen-bond donors (Lipinski definition) is 3. The van der Waals surface area contributed by atoms with Gasteiger partial charge in [-0.05, 0) is 31.3 Å². The highest BCUT2D eigenvalue weighted by atomic mass is 35.5. The number of aromatic carboxylic acids is 1. The molecule has 9 heteroatoms. The maximum Gasteiger partial charge on any atom is 0.337 e. The van der Waals surface area contributed by atoms with Gasteiger partial charge >= 0.3 is 5.97 Å². The van der Waals surface area contributed by atoms with E-state index < -0.39 is 16.0 Å². The summed E-state index contributed by atoms with van der Waals surface area (Å²) < 4.78 is 30.9. The standard InChI is InChI=1S/C13H13ClN2O5S.C2H6/c1-15-22(19,20)12-5-9(13(17)18)11(6-10(12)14)16-7-8-3-2-4-21-8;1-2/h2-6,15-16H,7H2,1H3,(H,17,18);1-2H3. The molecule has 132 valence electrons. The molecule has 0 atom stereocenters. The van der Waals surface area contributed by atoms with E-state index in [0.29, 0.717) is 5.76 Å². The summed E-state index contributed by atoms with van der Waals surface area (Å²) in [5, 5.41) is 12.0. The molecule has 0 saturated carbocycles. The molecule has 3 N–H and O–H groups in total. The maximum atomic E-state index is 11.8. The summed E-state index contributed by atoms with van der Waals surface area (Å²) in [6.45, 7) is 4.24. The molecule has 0 saturated heterocycles. The van der Waals surface area contributed by atoms with E-state index in [0.717, 1.165) is 6.07 Å². The van der Waals surface area contributed by atoms with Gasteiger partial charge in [0.2, 0.25) is 10.0 Å². The second-order valence-corrected chi connectivity index (χ2v) is 6.54. The van der Waals surface area contributed by atoms with Crippen molar-refractivity contribution < 1.29 is 22.7 Å². The zero-order valence-corrected chi connectivity index (χ0v) is 15.0. The number of hydrogen-bond acceptors (Lipinski definition) is 5. The van der Waals surface area contributed by atoms with Crippen molar-refractivity contribution in [1.29, 1.82) is 0 Å².